The molecular weight excluding hydrogens is 422 g/mol. The molecule has 0 heterocycles. The van der Waals surface area contributed by atoms with Crippen LogP contribution in [0.3, 0.4) is 0 Å². The van der Waals surface area contributed by atoms with Gasteiger partial charge in [-0.1, -0.05) is 86.0 Å². The molecule has 0 saturated heterocycles. The summed E-state index contributed by atoms with van der Waals surface area (Å²) in [5.74, 6) is -0.290. The Kier molecular flexibility index (Phi) is 8.13. The number of esters is 1. The lowest BCUT2D eigenvalue weighted by Crippen LogP contribution is -2.47. The Morgan fingerprint density at radius 1 is 0.794 bits per heavy atom. The van der Waals surface area contributed by atoms with Crippen molar-refractivity contribution in [2.75, 3.05) is 0 Å². The highest BCUT2D eigenvalue weighted by Crippen LogP contribution is 2.31. The van der Waals surface area contributed by atoms with E-state index in [1.807, 2.05) is 78.9 Å². The number of hydrogen-bond acceptors (Lipinski definition) is 3. The highest BCUT2D eigenvalue weighted by atomic mass is 16.5. The van der Waals surface area contributed by atoms with E-state index in [1.165, 1.54) is 6.42 Å². The van der Waals surface area contributed by atoms with Crippen molar-refractivity contribution < 1.29 is 14.3 Å². The van der Waals surface area contributed by atoms with Crippen LogP contribution in [0.2, 0.25) is 0 Å². The van der Waals surface area contributed by atoms with Gasteiger partial charge in [-0.3, -0.25) is 4.79 Å². The van der Waals surface area contributed by atoms with Crippen molar-refractivity contribution in [2.45, 2.75) is 63.6 Å². The van der Waals surface area contributed by atoms with Gasteiger partial charge in [0.2, 0.25) is 0 Å². The molecule has 34 heavy (non-hydrogen) atoms. The third kappa shape index (κ3) is 5.93. The predicted molar refractivity (Wildman–Crippen MR) is 135 cm³/mol. The minimum absolute atomic E-state index is 0.0567. The third-order valence-corrected chi connectivity index (χ3v) is 6.68. The zero-order chi connectivity index (χ0) is 23.8. The number of amides is 1. The quantitative estimate of drug-likeness (QED) is 0.349. The van der Waals surface area contributed by atoms with Crippen molar-refractivity contribution in [1.82, 2.24) is 4.90 Å². The standard InChI is InChI=1S/C30H33NO3/c1-23(31(27-20-12-5-13-21-27)29(32)25-16-8-3-9-17-25)22-28(24-14-6-2-7-15-24)34-30(33)26-18-10-4-11-19-26/h2-4,6-11,14-19,23,27-28H,5,12-13,20-22H2,1H3. The first-order valence-corrected chi connectivity index (χ1v) is 12.3. The van der Waals surface area contributed by atoms with E-state index in [0.717, 1.165) is 31.2 Å². The molecule has 0 radical (unpaired) electrons. The van der Waals surface area contributed by atoms with Gasteiger partial charge in [0, 0.05) is 24.1 Å². The average Bonchev–Trinajstić information content (AvgIpc) is 2.90. The molecule has 3 aromatic rings. The highest BCUT2D eigenvalue weighted by Gasteiger charge is 2.32. The van der Waals surface area contributed by atoms with E-state index in [0.29, 0.717) is 17.5 Å². The first kappa shape index (κ1) is 23.7. The topological polar surface area (TPSA) is 46.6 Å². The lowest BCUT2D eigenvalue weighted by Gasteiger charge is -2.40. The van der Waals surface area contributed by atoms with E-state index < -0.39 is 6.10 Å². The molecule has 0 bridgehead atoms. The molecule has 3 aromatic carbocycles. The van der Waals surface area contributed by atoms with E-state index in [2.05, 4.69) is 11.8 Å². The van der Waals surface area contributed by atoms with Crippen molar-refractivity contribution in [2.24, 2.45) is 0 Å². The number of rotatable bonds is 8. The second-order valence-electron chi connectivity index (χ2n) is 9.13. The van der Waals surface area contributed by atoms with Crippen molar-refractivity contribution >= 4 is 11.9 Å². The molecule has 4 nitrogen and oxygen atoms in total. The van der Waals surface area contributed by atoms with Crippen LogP contribution in [0.5, 0.6) is 0 Å². The zero-order valence-corrected chi connectivity index (χ0v) is 19.8. The smallest absolute Gasteiger partial charge is 0.338 e. The summed E-state index contributed by atoms with van der Waals surface area (Å²) in [5.41, 5.74) is 2.17. The van der Waals surface area contributed by atoms with Crippen LogP contribution < -0.4 is 0 Å². The molecule has 1 aliphatic carbocycles. The molecule has 0 aliphatic heterocycles. The Labute approximate surface area is 202 Å². The zero-order valence-electron chi connectivity index (χ0n) is 19.8. The van der Waals surface area contributed by atoms with Crippen LogP contribution in [-0.2, 0) is 4.74 Å². The van der Waals surface area contributed by atoms with Gasteiger partial charge in [0.05, 0.1) is 5.56 Å². The maximum atomic E-state index is 13.7. The Hall–Kier alpha value is -3.40. The molecule has 4 heteroatoms. The second-order valence-corrected chi connectivity index (χ2v) is 9.13. The maximum Gasteiger partial charge on any atom is 0.338 e. The Morgan fingerprint density at radius 2 is 1.32 bits per heavy atom. The van der Waals surface area contributed by atoms with Gasteiger partial charge in [-0.05, 0) is 49.6 Å². The van der Waals surface area contributed by atoms with E-state index in [-0.39, 0.29) is 24.0 Å². The average molecular weight is 456 g/mol. The molecule has 4 rings (SSSR count). The van der Waals surface area contributed by atoms with Crippen molar-refractivity contribution in [3.8, 4) is 0 Å². The van der Waals surface area contributed by atoms with E-state index >= 15 is 0 Å². The maximum absolute atomic E-state index is 13.7. The number of hydrogen-bond donors (Lipinski definition) is 0. The van der Waals surface area contributed by atoms with Crippen molar-refractivity contribution in [1.29, 1.82) is 0 Å². The van der Waals surface area contributed by atoms with Gasteiger partial charge >= 0.3 is 5.97 Å². The van der Waals surface area contributed by atoms with Crippen LogP contribution in [0.1, 0.15) is 77.8 Å². The lowest BCUT2D eigenvalue weighted by atomic mass is 9.91. The van der Waals surface area contributed by atoms with Crippen LogP contribution in [-0.4, -0.2) is 28.9 Å². The third-order valence-electron chi connectivity index (χ3n) is 6.68. The Balaban J connectivity index is 1.59. The van der Waals surface area contributed by atoms with E-state index in [9.17, 15) is 9.59 Å². The molecule has 0 N–H and O–H groups in total. The van der Waals surface area contributed by atoms with Gasteiger partial charge in [-0.15, -0.1) is 0 Å². The van der Waals surface area contributed by atoms with Crippen molar-refractivity contribution in [3.63, 3.8) is 0 Å². The minimum atomic E-state index is -0.446. The number of carbonyl (C=O) groups is 2. The van der Waals surface area contributed by atoms with Gasteiger partial charge < -0.3 is 9.64 Å². The number of ether oxygens (including phenoxy) is 1. The molecule has 2 atom stereocenters. The van der Waals surface area contributed by atoms with E-state index in [1.54, 1.807) is 12.1 Å². The van der Waals surface area contributed by atoms with Crippen LogP contribution in [0.25, 0.3) is 0 Å². The Morgan fingerprint density at radius 3 is 1.91 bits per heavy atom. The summed E-state index contributed by atoms with van der Waals surface area (Å²) in [6, 6.07) is 28.5. The van der Waals surface area contributed by atoms with Crippen LogP contribution in [0.4, 0.5) is 0 Å². The molecule has 1 aliphatic rings. The van der Waals surface area contributed by atoms with Gasteiger partial charge in [0.15, 0.2) is 0 Å². The molecule has 1 saturated carbocycles. The number of carbonyl (C=O) groups excluding carboxylic acids is 2. The molecule has 0 spiro atoms. The molecule has 2 unspecified atom stereocenters. The monoisotopic (exact) mass is 455 g/mol. The summed E-state index contributed by atoms with van der Waals surface area (Å²) < 4.78 is 6.04. The molecule has 0 aromatic heterocycles. The first-order valence-electron chi connectivity index (χ1n) is 12.3. The van der Waals surface area contributed by atoms with Crippen molar-refractivity contribution in [3.05, 3.63) is 108 Å². The summed E-state index contributed by atoms with van der Waals surface area (Å²) >= 11 is 0. The molecule has 176 valence electrons. The van der Waals surface area contributed by atoms with Crippen LogP contribution in [0.15, 0.2) is 91.0 Å². The van der Waals surface area contributed by atoms with Crippen LogP contribution in [0, 0.1) is 0 Å². The number of benzene rings is 3. The predicted octanol–water partition coefficient (Wildman–Crippen LogP) is 6.84. The molecule has 1 fully saturated rings. The summed E-state index contributed by atoms with van der Waals surface area (Å²) in [4.78, 5) is 28.7. The SMILES string of the molecule is CC(CC(OC(=O)c1ccccc1)c1ccccc1)N(C(=O)c1ccccc1)C1CCCCC1. The summed E-state index contributed by atoms with van der Waals surface area (Å²) in [6.07, 6.45) is 5.63. The van der Waals surface area contributed by atoms with E-state index in [4.69, 9.17) is 4.74 Å². The second kappa shape index (κ2) is 11.6. The molecule has 1 amide bonds. The lowest BCUT2D eigenvalue weighted by molar-refractivity contribution is 0.0151. The fourth-order valence-corrected chi connectivity index (χ4v) is 4.93. The summed E-state index contributed by atoms with van der Waals surface area (Å²) in [6.45, 7) is 2.09. The fourth-order valence-electron chi connectivity index (χ4n) is 4.93. The normalized spacial score (nSPS) is 15.8. The largest absolute Gasteiger partial charge is 0.454 e. The highest BCUT2D eigenvalue weighted by molar-refractivity contribution is 5.94. The first-order chi connectivity index (χ1) is 16.6. The van der Waals surface area contributed by atoms with Gasteiger partial charge in [0.25, 0.3) is 5.91 Å². The summed E-state index contributed by atoms with van der Waals surface area (Å²) in [7, 11) is 0. The fraction of sp³-hybridized carbons (Fsp3) is 0.333. The summed E-state index contributed by atoms with van der Waals surface area (Å²) in [5, 5.41) is 0. The van der Waals surface area contributed by atoms with Gasteiger partial charge in [0.1, 0.15) is 6.10 Å². The number of nitrogens with zero attached hydrogens (tertiary/aromatic N) is 1. The Bertz CT molecular complexity index is 1050. The van der Waals surface area contributed by atoms with Gasteiger partial charge in [-0.25, -0.2) is 4.79 Å². The minimum Gasteiger partial charge on any atom is -0.454 e. The van der Waals surface area contributed by atoms with Gasteiger partial charge in [-0.2, -0.15) is 0 Å². The van der Waals surface area contributed by atoms with Crippen LogP contribution >= 0.6 is 0 Å². The molecular formula is C30H33NO3.